The molecule has 144 valence electrons. The van der Waals surface area contributed by atoms with Crippen LogP contribution in [0.15, 0.2) is 47.4 Å². The fraction of sp³-hybridized carbons (Fsp3) is 0.350. The van der Waals surface area contributed by atoms with Gasteiger partial charge in [0, 0.05) is 18.7 Å². The van der Waals surface area contributed by atoms with E-state index >= 15 is 0 Å². The van der Waals surface area contributed by atoms with Gasteiger partial charge in [-0.25, -0.2) is 12.8 Å². The number of amides is 1. The number of carbonyl (C=O) groups is 1. The third kappa shape index (κ3) is 4.20. The number of sulfonamides is 1. The second-order valence-electron chi connectivity index (χ2n) is 6.83. The highest BCUT2D eigenvalue weighted by Gasteiger charge is 2.28. The molecule has 7 heteroatoms. The van der Waals surface area contributed by atoms with Gasteiger partial charge in [-0.15, -0.1) is 0 Å². The van der Waals surface area contributed by atoms with Crippen molar-refractivity contribution >= 4 is 15.9 Å². The van der Waals surface area contributed by atoms with Gasteiger partial charge in [-0.2, -0.15) is 4.31 Å². The molecule has 1 aliphatic heterocycles. The molecular formula is C20H23FN2O3S. The third-order valence-electron chi connectivity index (χ3n) is 4.87. The summed E-state index contributed by atoms with van der Waals surface area (Å²) in [5, 5.41) is 2.85. The number of aryl methyl sites for hydroxylation is 1. The molecule has 2 aromatic carbocycles. The highest BCUT2D eigenvalue weighted by Crippen LogP contribution is 2.23. The molecule has 5 nitrogen and oxygen atoms in total. The average Bonchev–Trinajstić information content (AvgIpc) is 3.18. The zero-order valence-corrected chi connectivity index (χ0v) is 16.2. The molecule has 1 heterocycles. The zero-order chi connectivity index (χ0) is 19.6. The minimum atomic E-state index is -3.59. The van der Waals surface area contributed by atoms with Crippen molar-refractivity contribution in [1.29, 1.82) is 0 Å². The molecule has 0 aromatic heterocycles. The van der Waals surface area contributed by atoms with Gasteiger partial charge in [-0.05, 0) is 62.1 Å². The van der Waals surface area contributed by atoms with E-state index < -0.39 is 10.0 Å². The minimum Gasteiger partial charge on any atom is -0.346 e. The normalized spacial score (nSPS) is 16.3. The molecule has 1 fully saturated rings. The van der Waals surface area contributed by atoms with Crippen LogP contribution in [0.5, 0.6) is 0 Å². The third-order valence-corrected chi connectivity index (χ3v) is 6.77. The average molecular weight is 390 g/mol. The molecule has 0 saturated carbocycles. The Morgan fingerprint density at radius 1 is 1.11 bits per heavy atom. The van der Waals surface area contributed by atoms with Crippen LogP contribution in [-0.4, -0.2) is 31.7 Å². The van der Waals surface area contributed by atoms with Crippen molar-refractivity contribution < 1.29 is 17.6 Å². The second kappa shape index (κ2) is 7.78. The summed E-state index contributed by atoms with van der Waals surface area (Å²) in [7, 11) is -3.59. The zero-order valence-electron chi connectivity index (χ0n) is 15.4. The summed E-state index contributed by atoms with van der Waals surface area (Å²) in [5.41, 5.74) is 1.78. The van der Waals surface area contributed by atoms with Crippen LogP contribution in [0.3, 0.4) is 0 Å². The van der Waals surface area contributed by atoms with Crippen molar-refractivity contribution in [2.24, 2.45) is 0 Å². The molecule has 2 aromatic rings. The number of nitrogens with one attached hydrogen (secondary N) is 1. The summed E-state index contributed by atoms with van der Waals surface area (Å²) in [6, 6.07) is 10.2. The van der Waals surface area contributed by atoms with Gasteiger partial charge in [0.15, 0.2) is 0 Å². The highest BCUT2D eigenvalue weighted by molar-refractivity contribution is 7.89. The van der Waals surface area contributed by atoms with Crippen LogP contribution < -0.4 is 5.32 Å². The largest absolute Gasteiger partial charge is 0.346 e. The molecule has 3 rings (SSSR count). The summed E-state index contributed by atoms with van der Waals surface area (Å²) < 4.78 is 40.0. The second-order valence-corrected chi connectivity index (χ2v) is 8.77. The summed E-state index contributed by atoms with van der Waals surface area (Å²) in [6.07, 6.45) is 1.71. The van der Waals surface area contributed by atoms with E-state index in [1.165, 1.54) is 22.5 Å². The van der Waals surface area contributed by atoms with Crippen molar-refractivity contribution in [2.75, 3.05) is 13.1 Å². The van der Waals surface area contributed by atoms with Crippen LogP contribution in [0.1, 0.15) is 47.3 Å². The van der Waals surface area contributed by atoms with E-state index in [2.05, 4.69) is 5.32 Å². The van der Waals surface area contributed by atoms with Gasteiger partial charge in [0.1, 0.15) is 5.82 Å². The Bertz CT molecular complexity index is 936. The number of halogens is 1. The highest BCUT2D eigenvalue weighted by atomic mass is 32.2. The quantitative estimate of drug-likeness (QED) is 0.851. The van der Waals surface area contributed by atoms with Gasteiger partial charge in [0.25, 0.3) is 5.91 Å². The molecule has 0 bridgehead atoms. The number of hydrogen-bond acceptors (Lipinski definition) is 3. The van der Waals surface area contributed by atoms with Gasteiger partial charge >= 0.3 is 0 Å². The van der Waals surface area contributed by atoms with Crippen LogP contribution in [0.2, 0.25) is 0 Å². The molecule has 0 aliphatic carbocycles. The number of nitrogens with zero attached hydrogens (tertiary/aromatic N) is 1. The molecular weight excluding hydrogens is 367 g/mol. The smallest absolute Gasteiger partial charge is 0.252 e. The van der Waals surface area contributed by atoms with Gasteiger partial charge in [0.2, 0.25) is 10.0 Å². The van der Waals surface area contributed by atoms with E-state index in [4.69, 9.17) is 0 Å². The number of benzene rings is 2. The maximum atomic E-state index is 13.1. The molecule has 1 amide bonds. The summed E-state index contributed by atoms with van der Waals surface area (Å²) >= 11 is 0. The first-order valence-corrected chi connectivity index (χ1v) is 10.4. The van der Waals surface area contributed by atoms with Gasteiger partial charge in [-0.1, -0.05) is 18.2 Å². The van der Waals surface area contributed by atoms with Gasteiger partial charge in [0.05, 0.1) is 10.9 Å². The van der Waals surface area contributed by atoms with Crippen LogP contribution in [0.4, 0.5) is 4.39 Å². The van der Waals surface area contributed by atoms with E-state index in [1.54, 1.807) is 38.1 Å². The van der Waals surface area contributed by atoms with Crippen LogP contribution >= 0.6 is 0 Å². The van der Waals surface area contributed by atoms with E-state index in [0.717, 1.165) is 18.4 Å². The van der Waals surface area contributed by atoms with Crippen molar-refractivity contribution in [1.82, 2.24) is 9.62 Å². The molecule has 0 radical (unpaired) electrons. The number of hydrogen-bond donors (Lipinski definition) is 1. The molecule has 1 aliphatic rings. The topological polar surface area (TPSA) is 66.5 Å². The predicted molar refractivity (Wildman–Crippen MR) is 101 cm³/mol. The Morgan fingerprint density at radius 2 is 1.74 bits per heavy atom. The Labute approximate surface area is 159 Å². The summed E-state index contributed by atoms with van der Waals surface area (Å²) in [4.78, 5) is 12.9. The van der Waals surface area contributed by atoms with Gasteiger partial charge in [-0.3, -0.25) is 4.79 Å². The molecule has 1 unspecified atom stereocenters. The molecule has 1 atom stereocenters. The first-order chi connectivity index (χ1) is 12.8. The molecule has 27 heavy (non-hydrogen) atoms. The lowest BCUT2D eigenvalue weighted by molar-refractivity contribution is 0.0939. The monoisotopic (exact) mass is 390 g/mol. The van der Waals surface area contributed by atoms with Crippen molar-refractivity contribution in [3.8, 4) is 0 Å². The molecule has 1 N–H and O–H groups in total. The molecule has 0 spiro atoms. The number of rotatable bonds is 5. The van der Waals surface area contributed by atoms with E-state index in [-0.39, 0.29) is 22.7 Å². The predicted octanol–water partition coefficient (Wildman–Crippen LogP) is 3.41. The summed E-state index contributed by atoms with van der Waals surface area (Å²) in [5.74, 6) is -0.698. The SMILES string of the molecule is Cc1ccc(S(=O)(=O)N2CCCC2)cc1C(=O)NC(C)c1ccc(F)cc1. The molecule has 1 saturated heterocycles. The minimum absolute atomic E-state index is 0.134. The van der Waals surface area contributed by atoms with E-state index in [9.17, 15) is 17.6 Å². The Kier molecular flexibility index (Phi) is 5.62. The lowest BCUT2D eigenvalue weighted by Gasteiger charge is -2.18. The summed E-state index contributed by atoms with van der Waals surface area (Å²) in [6.45, 7) is 4.59. The number of carbonyl (C=O) groups excluding carboxylic acids is 1. The van der Waals surface area contributed by atoms with Gasteiger partial charge < -0.3 is 5.32 Å². The maximum absolute atomic E-state index is 13.1. The standard InChI is InChI=1S/C20H23FN2O3S/c1-14-5-10-18(27(25,26)23-11-3-4-12-23)13-19(14)20(24)22-15(2)16-6-8-17(21)9-7-16/h5-10,13,15H,3-4,11-12H2,1-2H3,(H,22,24). The Balaban J connectivity index is 1.83. The van der Waals surface area contributed by atoms with Crippen molar-refractivity contribution in [3.05, 3.63) is 65.0 Å². The maximum Gasteiger partial charge on any atom is 0.252 e. The Hall–Kier alpha value is -2.25. The first kappa shape index (κ1) is 19.5. The lowest BCUT2D eigenvalue weighted by atomic mass is 10.1. The fourth-order valence-corrected chi connectivity index (χ4v) is 4.74. The fourth-order valence-electron chi connectivity index (χ4n) is 3.19. The first-order valence-electron chi connectivity index (χ1n) is 8.96. The van der Waals surface area contributed by atoms with Crippen molar-refractivity contribution in [3.63, 3.8) is 0 Å². The lowest BCUT2D eigenvalue weighted by Crippen LogP contribution is -2.29. The van der Waals surface area contributed by atoms with Crippen LogP contribution in [-0.2, 0) is 10.0 Å². The van der Waals surface area contributed by atoms with E-state index in [0.29, 0.717) is 24.2 Å². The van der Waals surface area contributed by atoms with Crippen LogP contribution in [0.25, 0.3) is 0 Å². The van der Waals surface area contributed by atoms with Crippen LogP contribution in [0, 0.1) is 12.7 Å². The van der Waals surface area contributed by atoms with Crippen molar-refractivity contribution in [2.45, 2.75) is 37.6 Å². The Morgan fingerprint density at radius 3 is 2.37 bits per heavy atom. The van der Waals surface area contributed by atoms with E-state index in [1.807, 2.05) is 0 Å².